The summed E-state index contributed by atoms with van der Waals surface area (Å²) in [4.78, 5) is 11.6. The molecule has 1 saturated heterocycles. The first-order valence-corrected chi connectivity index (χ1v) is 5.30. The highest BCUT2D eigenvalue weighted by Crippen LogP contribution is 2.12. The van der Waals surface area contributed by atoms with Crippen molar-refractivity contribution in [2.45, 2.75) is 44.8 Å². The van der Waals surface area contributed by atoms with E-state index in [0.717, 1.165) is 25.7 Å². The molecule has 1 aliphatic heterocycles. The Labute approximate surface area is 84.6 Å². The number of aliphatic hydroxyl groups is 1. The van der Waals surface area contributed by atoms with E-state index >= 15 is 0 Å². The number of nitrogens with one attached hydrogen (secondary N) is 1. The number of ether oxygens (including phenoxy) is 1. The molecule has 1 aliphatic rings. The summed E-state index contributed by atoms with van der Waals surface area (Å²) in [6.07, 6.45) is 3.34. The highest BCUT2D eigenvalue weighted by Gasteiger charge is 2.23. The lowest BCUT2D eigenvalue weighted by Crippen LogP contribution is -2.44. The van der Waals surface area contributed by atoms with Crippen LogP contribution in [-0.4, -0.2) is 36.4 Å². The van der Waals surface area contributed by atoms with Gasteiger partial charge >= 0.3 is 0 Å². The predicted molar refractivity (Wildman–Crippen MR) is 52.9 cm³/mol. The van der Waals surface area contributed by atoms with Crippen LogP contribution in [0.5, 0.6) is 0 Å². The summed E-state index contributed by atoms with van der Waals surface area (Å²) in [5, 5.41) is 11.7. The highest BCUT2D eigenvalue weighted by molar-refractivity contribution is 5.81. The van der Waals surface area contributed by atoms with Crippen LogP contribution in [0.4, 0.5) is 0 Å². The molecule has 0 aromatic rings. The van der Waals surface area contributed by atoms with E-state index in [0.29, 0.717) is 6.61 Å². The van der Waals surface area contributed by atoms with Gasteiger partial charge < -0.3 is 15.2 Å². The number of carbonyl (C=O) groups excluding carboxylic acids is 1. The first-order chi connectivity index (χ1) is 6.77. The van der Waals surface area contributed by atoms with Gasteiger partial charge in [0.1, 0.15) is 6.10 Å². The van der Waals surface area contributed by atoms with Crippen LogP contribution in [0.1, 0.15) is 32.6 Å². The van der Waals surface area contributed by atoms with E-state index in [9.17, 15) is 4.79 Å². The molecule has 1 amide bonds. The van der Waals surface area contributed by atoms with Crippen molar-refractivity contribution in [3.63, 3.8) is 0 Å². The summed E-state index contributed by atoms with van der Waals surface area (Å²) in [6.45, 7) is 2.60. The molecule has 2 N–H and O–H groups in total. The van der Waals surface area contributed by atoms with Crippen molar-refractivity contribution in [1.29, 1.82) is 0 Å². The van der Waals surface area contributed by atoms with Gasteiger partial charge in [0.2, 0.25) is 5.91 Å². The molecule has 2 atom stereocenters. The zero-order valence-corrected chi connectivity index (χ0v) is 8.66. The van der Waals surface area contributed by atoms with E-state index in [2.05, 4.69) is 5.32 Å². The van der Waals surface area contributed by atoms with Crippen molar-refractivity contribution in [2.75, 3.05) is 13.2 Å². The maximum Gasteiger partial charge on any atom is 0.249 e. The predicted octanol–water partition coefficient (Wildman–Crippen LogP) is 0.443. The summed E-state index contributed by atoms with van der Waals surface area (Å²) in [6, 6.07) is -0.131. The zero-order chi connectivity index (χ0) is 10.4. The van der Waals surface area contributed by atoms with Gasteiger partial charge in [-0.1, -0.05) is 6.92 Å². The molecule has 0 spiro atoms. The normalized spacial score (nSPS) is 24.3. The summed E-state index contributed by atoms with van der Waals surface area (Å²) >= 11 is 0. The molecule has 0 radical (unpaired) electrons. The summed E-state index contributed by atoms with van der Waals surface area (Å²) < 4.78 is 5.34. The maximum absolute atomic E-state index is 11.6. The Hall–Kier alpha value is -0.610. The molecule has 1 heterocycles. The molecule has 0 saturated carbocycles. The van der Waals surface area contributed by atoms with Gasteiger partial charge in [0, 0.05) is 6.61 Å². The van der Waals surface area contributed by atoms with Crippen LogP contribution in [0.2, 0.25) is 0 Å². The van der Waals surface area contributed by atoms with Gasteiger partial charge in [0.15, 0.2) is 0 Å². The Bertz CT molecular complexity index is 174. The number of rotatable bonds is 4. The number of hydrogen-bond acceptors (Lipinski definition) is 3. The summed E-state index contributed by atoms with van der Waals surface area (Å²) in [5.41, 5.74) is 0. The van der Waals surface area contributed by atoms with Gasteiger partial charge in [-0.25, -0.2) is 0 Å². The average Bonchev–Trinajstić information content (AvgIpc) is 2.26. The number of hydrogen-bond donors (Lipinski definition) is 2. The minimum atomic E-state index is -0.302. The van der Waals surface area contributed by atoms with E-state index in [1.54, 1.807) is 0 Å². The van der Waals surface area contributed by atoms with Crippen LogP contribution < -0.4 is 5.32 Å². The lowest BCUT2D eigenvalue weighted by Gasteiger charge is -2.24. The van der Waals surface area contributed by atoms with E-state index in [-0.39, 0.29) is 24.7 Å². The van der Waals surface area contributed by atoms with Gasteiger partial charge in [0.05, 0.1) is 12.6 Å². The number of aliphatic hydroxyl groups excluding tert-OH is 1. The van der Waals surface area contributed by atoms with Crippen molar-refractivity contribution in [2.24, 2.45) is 0 Å². The molecular weight excluding hydrogens is 182 g/mol. The van der Waals surface area contributed by atoms with E-state index in [1.165, 1.54) is 0 Å². The third-order valence-corrected chi connectivity index (χ3v) is 2.53. The van der Waals surface area contributed by atoms with Gasteiger partial charge in [-0.3, -0.25) is 4.79 Å². The SMILES string of the molecule is CC[C@H](CO)NC(=O)C1CCCCO1. The quantitative estimate of drug-likeness (QED) is 0.694. The second-order valence-corrected chi connectivity index (χ2v) is 3.65. The minimum Gasteiger partial charge on any atom is -0.394 e. The third-order valence-electron chi connectivity index (χ3n) is 2.53. The molecule has 0 aromatic heterocycles. The first-order valence-electron chi connectivity index (χ1n) is 5.30. The van der Waals surface area contributed by atoms with Crippen LogP contribution >= 0.6 is 0 Å². The van der Waals surface area contributed by atoms with Crippen molar-refractivity contribution >= 4 is 5.91 Å². The van der Waals surface area contributed by atoms with E-state index < -0.39 is 0 Å². The molecule has 1 unspecified atom stereocenters. The van der Waals surface area contributed by atoms with Crippen molar-refractivity contribution in [3.05, 3.63) is 0 Å². The lowest BCUT2D eigenvalue weighted by molar-refractivity contribution is -0.136. The van der Waals surface area contributed by atoms with Gasteiger partial charge in [0.25, 0.3) is 0 Å². The Morgan fingerprint density at radius 2 is 2.43 bits per heavy atom. The van der Waals surface area contributed by atoms with Gasteiger partial charge in [-0.15, -0.1) is 0 Å². The van der Waals surface area contributed by atoms with Crippen molar-refractivity contribution in [3.8, 4) is 0 Å². The van der Waals surface area contributed by atoms with Crippen LogP contribution in [0.25, 0.3) is 0 Å². The zero-order valence-electron chi connectivity index (χ0n) is 8.66. The number of amides is 1. The molecule has 1 rings (SSSR count). The van der Waals surface area contributed by atoms with Crippen molar-refractivity contribution < 1.29 is 14.6 Å². The fraction of sp³-hybridized carbons (Fsp3) is 0.900. The molecule has 14 heavy (non-hydrogen) atoms. The number of carbonyl (C=O) groups is 1. The third kappa shape index (κ3) is 3.27. The Morgan fingerprint density at radius 3 is 2.93 bits per heavy atom. The lowest BCUT2D eigenvalue weighted by atomic mass is 10.1. The van der Waals surface area contributed by atoms with Crippen LogP contribution in [-0.2, 0) is 9.53 Å². The van der Waals surface area contributed by atoms with Crippen LogP contribution in [0.3, 0.4) is 0 Å². The molecule has 0 aliphatic carbocycles. The molecule has 4 nitrogen and oxygen atoms in total. The standard InChI is InChI=1S/C10H19NO3/c1-2-8(7-12)11-10(13)9-5-3-4-6-14-9/h8-9,12H,2-7H2,1H3,(H,11,13)/t8-,9?/m1/s1. The second kappa shape index (κ2) is 5.98. The fourth-order valence-corrected chi connectivity index (χ4v) is 1.52. The largest absolute Gasteiger partial charge is 0.394 e. The Morgan fingerprint density at radius 1 is 1.64 bits per heavy atom. The molecule has 82 valence electrons. The van der Waals surface area contributed by atoms with Crippen LogP contribution in [0, 0.1) is 0 Å². The average molecular weight is 201 g/mol. The highest BCUT2D eigenvalue weighted by atomic mass is 16.5. The summed E-state index contributed by atoms with van der Waals surface area (Å²) in [5.74, 6) is -0.0781. The monoisotopic (exact) mass is 201 g/mol. The fourth-order valence-electron chi connectivity index (χ4n) is 1.52. The maximum atomic E-state index is 11.6. The van der Waals surface area contributed by atoms with E-state index in [4.69, 9.17) is 9.84 Å². The molecule has 1 fully saturated rings. The minimum absolute atomic E-state index is 0.00500. The summed E-state index contributed by atoms with van der Waals surface area (Å²) in [7, 11) is 0. The van der Waals surface area contributed by atoms with Crippen molar-refractivity contribution in [1.82, 2.24) is 5.32 Å². The molecule has 0 aromatic carbocycles. The van der Waals surface area contributed by atoms with Gasteiger partial charge in [-0.05, 0) is 25.7 Å². The first kappa shape index (κ1) is 11.5. The molecule has 4 heteroatoms. The Kier molecular flexibility index (Phi) is 4.90. The molecular formula is C10H19NO3. The van der Waals surface area contributed by atoms with Crippen LogP contribution in [0.15, 0.2) is 0 Å². The Balaban J connectivity index is 2.32. The topological polar surface area (TPSA) is 58.6 Å². The van der Waals surface area contributed by atoms with Gasteiger partial charge in [-0.2, -0.15) is 0 Å². The van der Waals surface area contributed by atoms with E-state index in [1.807, 2.05) is 6.92 Å². The second-order valence-electron chi connectivity index (χ2n) is 3.65. The smallest absolute Gasteiger partial charge is 0.249 e. The molecule has 0 bridgehead atoms.